The average molecular weight is 523 g/mol. The van der Waals surface area contributed by atoms with E-state index in [1.807, 2.05) is 18.2 Å². The van der Waals surface area contributed by atoms with Crippen LogP contribution in [-0.2, 0) is 30.8 Å². The minimum atomic E-state index is -3.87. The van der Waals surface area contributed by atoms with Gasteiger partial charge in [-0.2, -0.15) is 4.31 Å². The van der Waals surface area contributed by atoms with Crippen LogP contribution >= 0.6 is 11.6 Å². The number of carbonyl (C=O) groups is 1. The zero-order chi connectivity index (χ0) is 25.0. The number of rotatable bonds is 6. The summed E-state index contributed by atoms with van der Waals surface area (Å²) < 4.78 is 40.4. The van der Waals surface area contributed by atoms with Gasteiger partial charge in [0.2, 0.25) is 15.9 Å². The van der Waals surface area contributed by atoms with Crippen LogP contribution < -0.4 is 5.32 Å². The summed E-state index contributed by atoms with van der Waals surface area (Å²) in [4.78, 5) is 12.8. The van der Waals surface area contributed by atoms with Gasteiger partial charge in [-0.05, 0) is 43.0 Å². The topological polar surface area (TPSA) is 105 Å². The second-order valence-electron chi connectivity index (χ2n) is 9.05. The first-order chi connectivity index (χ1) is 16.8. The van der Waals surface area contributed by atoms with Crippen molar-refractivity contribution >= 4 is 27.5 Å². The number of nitrogens with one attached hydrogen (secondary N) is 1. The Hall–Kier alpha value is -2.01. The highest BCUT2D eigenvalue weighted by Gasteiger charge is 2.43. The fourth-order valence-corrected chi connectivity index (χ4v) is 6.80. The second-order valence-corrected chi connectivity index (χ2v) is 11.3. The molecule has 0 radical (unpaired) electrons. The van der Waals surface area contributed by atoms with Crippen molar-refractivity contribution in [2.75, 3.05) is 19.8 Å². The van der Waals surface area contributed by atoms with E-state index < -0.39 is 28.3 Å². The highest BCUT2D eigenvalue weighted by atomic mass is 35.5. The Kier molecular flexibility index (Phi) is 8.46. The number of halogens is 1. The lowest BCUT2D eigenvalue weighted by Crippen LogP contribution is -2.57. The number of aliphatic hydroxyl groups excluding tert-OH is 1. The average Bonchev–Trinajstić information content (AvgIpc) is 2.81. The normalized spacial score (nSPS) is 25.8. The molecule has 0 aliphatic carbocycles. The number of aliphatic hydroxyl groups is 1. The van der Waals surface area contributed by atoms with Crippen LogP contribution in [-0.4, -0.2) is 67.8 Å². The van der Waals surface area contributed by atoms with Crippen LogP contribution in [0.5, 0.6) is 0 Å². The summed E-state index contributed by atoms with van der Waals surface area (Å²) >= 11 is 6.16. The fraction of sp³-hybridized carbons (Fsp3) is 0.480. The Morgan fingerprint density at radius 2 is 1.89 bits per heavy atom. The second kappa shape index (κ2) is 11.4. The Morgan fingerprint density at radius 3 is 2.66 bits per heavy atom. The quantitative estimate of drug-likeness (QED) is 0.604. The molecule has 2 aliphatic rings. The number of amides is 1. The molecule has 4 atom stereocenters. The third-order valence-corrected chi connectivity index (χ3v) is 8.88. The van der Waals surface area contributed by atoms with Crippen molar-refractivity contribution in [3.05, 3.63) is 64.7 Å². The summed E-state index contributed by atoms with van der Waals surface area (Å²) in [5, 5.41) is 13.8. The van der Waals surface area contributed by atoms with Crippen molar-refractivity contribution < 1.29 is 27.8 Å². The molecule has 0 aromatic heterocycles. The van der Waals surface area contributed by atoms with Gasteiger partial charge in [0.1, 0.15) is 0 Å². The molecule has 0 spiro atoms. The molecule has 2 N–H and O–H groups in total. The van der Waals surface area contributed by atoms with Crippen LogP contribution in [0.4, 0.5) is 0 Å². The van der Waals surface area contributed by atoms with Gasteiger partial charge in [0.25, 0.3) is 0 Å². The summed E-state index contributed by atoms with van der Waals surface area (Å²) in [5.74, 6) is -0.167. The minimum absolute atomic E-state index is 0.00929. The molecule has 2 aromatic rings. The van der Waals surface area contributed by atoms with Crippen molar-refractivity contribution in [3.8, 4) is 0 Å². The molecular formula is C25H31ClN2O6S. The molecule has 0 saturated carbocycles. The highest BCUT2D eigenvalue weighted by molar-refractivity contribution is 7.89. The monoisotopic (exact) mass is 522 g/mol. The molecule has 0 bridgehead atoms. The van der Waals surface area contributed by atoms with Gasteiger partial charge in [-0.15, -0.1) is 0 Å². The number of hydrogen-bond acceptors (Lipinski definition) is 6. The number of aryl methyl sites for hydroxylation is 1. The van der Waals surface area contributed by atoms with Gasteiger partial charge in [-0.1, -0.05) is 48.0 Å². The Bertz CT molecular complexity index is 1140. The zero-order valence-corrected chi connectivity index (χ0v) is 21.2. The van der Waals surface area contributed by atoms with E-state index in [2.05, 4.69) is 5.32 Å². The van der Waals surface area contributed by atoms with Crippen molar-refractivity contribution in [1.82, 2.24) is 9.62 Å². The fourth-order valence-electron chi connectivity index (χ4n) is 4.66. The predicted molar refractivity (Wildman–Crippen MR) is 131 cm³/mol. The van der Waals surface area contributed by atoms with E-state index in [9.17, 15) is 18.3 Å². The lowest BCUT2D eigenvalue weighted by Gasteiger charge is -2.43. The SMILES string of the molecule is Cc1ccccc1S(=O)(=O)N1C[C@@H](O)COC[C@H]2O[C@H](CC(=O)NCc3ccccc3Cl)CC[C@@H]21. The Balaban J connectivity index is 1.44. The van der Waals surface area contributed by atoms with Crippen molar-refractivity contribution in [3.63, 3.8) is 0 Å². The molecular weight excluding hydrogens is 492 g/mol. The lowest BCUT2D eigenvalue weighted by molar-refractivity contribution is -0.146. The van der Waals surface area contributed by atoms with Crippen LogP contribution in [0.2, 0.25) is 5.02 Å². The first kappa shape index (κ1) is 26.1. The van der Waals surface area contributed by atoms with Gasteiger partial charge in [0.15, 0.2) is 0 Å². The maximum atomic E-state index is 13.6. The summed E-state index contributed by atoms with van der Waals surface area (Å²) in [5.41, 5.74) is 1.47. The van der Waals surface area contributed by atoms with Gasteiger partial charge >= 0.3 is 0 Å². The predicted octanol–water partition coefficient (Wildman–Crippen LogP) is 2.65. The standard InChI is InChI=1S/C25H31ClN2O6S/c1-17-6-2-5-9-24(17)35(31,32)28-14-19(29)15-33-16-23-22(28)11-10-20(34-23)12-25(30)27-13-18-7-3-4-8-21(18)26/h2-9,19-20,22-23,29H,10-16H2,1H3,(H,27,30)/t19-,20+,22+,23-/m1/s1. The maximum absolute atomic E-state index is 13.6. The molecule has 2 saturated heterocycles. The molecule has 35 heavy (non-hydrogen) atoms. The largest absolute Gasteiger partial charge is 0.389 e. The summed E-state index contributed by atoms with van der Waals surface area (Å²) in [6.45, 7) is 2.14. The molecule has 2 fully saturated rings. The lowest BCUT2D eigenvalue weighted by atomic mass is 9.96. The van der Waals surface area contributed by atoms with E-state index >= 15 is 0 Å². The first-order valence-corrected chi connectivity index (χ1v) is 13.6. The smallest absolute Gasteiger partial charge is 0.243 e. The van der Waals surface area contributed by atoms with Crippen molar-refractivity contribution in [2.45, 2.75) is 62.0 Å². The Labute approximate surface area is 211 Å². The zero-order valence-electron chi connectivity index (χ0n) is 19.6. The minimum Gasteiger partial charge on any atom is -0.389 e. The third-order valence-electron chi connectivity index (χ3n) is 6.46. The maximum Gasteiger partial charge on any atom is 0.243 e. The number of hydrogen-bond donors (Lipinski definition) is 2. The number of ether oxygens (including phenoxy) is 2. The van der Waals surface area contributed by atoms with Crippen LogP contribution in [0.1, 0.15) is 30.4 Å². The van der Waals surface area contributed by atoms with Crippen LogP contribution in [0.15, 0.2) is 53.4 Å². The van der Waals surface area contributed by atoms with E-state index in [-0.39, 0.29) is 43.1 Å². The first-order valence-electron chi connectivity index (χ1n) is 11.7. The van der Waals surface area contributed by atoms with Crippen molar-refractivity contribution in [2.24, 2.45) is 0 Å². The molecule has 190 valence electrons. The van der Waals surface area contributed by atoms with Gasteiger partial charge in [-0.3, -0.25) is 4.79 Å². The summed E-state index contributed by atoms with van der Waals surface area (Å²) in [6, 6.07) is 13.6. The van der Waals surface area contributed by atoms with Gasteiger partial charge in [0.05, 0.1) is 48.9 Å². The van der Waals surface area contributed by atoms with Crippen LogP contribution in [0.25, 0.3) is 0 Å². The number of carbonyl (C=O) groups excluding carboxylic acids is 1. The van der Waals surface area contributed by atoms with Crippen LogP contribution in [0, 0.1) is 6.92 Å². The molecule has 8 nitrogen and oxygen atoms in total. The molecule has 0 unspecified atom stereocenters. The summed E-state index contributed by atoms with van der Waals surface area (Å²) in [7, 11) is -3.87. The van der Waals surface area contributed by atoms with Gasteiger partial charge in [-0.25, -0.2) is 8.42 Å². The highest BCUT2D eigenvalue weighted by Crippen LogP contribution is 2.32. The number of sulfonamides is 1. The van der Waals surface area contributed by atoms with E-state index in [1.165, 1.54) is 4.31 Å². The number of fused-ring (bicyclic) bond motifs is 1. The van der Waals surface area contributed by atoms with Gasteiger partial charge in [0, 0.05) is 18.1 Å². The molecule has 2 aromatic carbocycles. The van der Waals surface area contributed by atoms with E-state index in [0.717, 1.165) is 5.56 Å². The summed E-state index contributed by atoms with van der Waals surface area (Å²) in [6.07, 6.45) is -0.691. The van der Waals surface area contributed by atoms with Gasteiger partial charge < -0.3 is 19.9 Å². The number of β-amino-alcohol motifs (C(OH)–C–C–N with tert-alkyl or cyclic N) is 1. The molecule has 10 heteroatoms. The number of benzene rings is 2. The molecule has 2 heterocycles. The van der Waals surface area contributed by atoms with E-state index in [1.54, 1.807) is 37.3 Å². The molecule has 4 rings (SSSR count). The molecule has 2 aliphatic heterocycles. The van der Waals surface area contributed by atoms with E-state index in [0.29, 0.717) is 30.0 Å². The number of nitrogens with zero attached hydrogens (tertiary/aromatic N) is 1. The van der Waals surface area contributed by atoms with E-state index in [4.69, 9.17) is 21.1 Å². The Morgan fingerprint density at radius 1 is 1.14 bits per heavy atom. The molecule has 1 amide bonds. The van der Waals surface area contributed by atoms with Crippen molar-refractivity contribution in [1.29, 1.82) is 0 Å². The third kappa shape index (κ3) is 6.22. The van der Waals surface area contributed by atoms with Crippen LogP contribution in [0.3, 0.4) is 0 Å².